The Hall–Kier alpha value is -0.700. The van der Waals surface area contributed by atoms with Gasteiger partial charge in [0.25, 0.3) is 0 Å². The second-order valence-electron chi connectivity index (χ2n) is 3.91. The third kappa shape index (κ3) is 3.41. The van der Waals surface area contributed by atoms with Crippen molar-refractivity contribution in [2.75, 3.05) is 6.26 Å². The molecule has 0 N–H and O–H groups in total. The molecule has 1 atom stereocenters. The summed E-state index contributed by atoms with van der Waals surface area (Å²) in [6, 6.07) is 10.2. The van der Waals surface area contributed by atoms with Crippen LogP contribution in [-0.2, 0) is 6.42 Å². The molecule has 0 spiro atoms. The van der Waals surface area contributed by atoms with Crippen LogP contribution in [0.3, 0.4) is 0 Å². The molecule has 2 rings (SSSR count). The number of aromatic nitrogens is 1. The van der Waals surface area contributed by atoms with Crippen molar-refractivity contribution < 1.29 is 0 Å². The molecule has 94 valence electrons. The average Bonchev–Trinajstić information content (AvgIpc) is 2.41. The molecule has 1 nitrogen and oxygen atoms in total. The standard InChI is InChI=1S/C14H13Cl2NS/c1-18-12-4-2-10(3-5-12)13(15)8-11-6-7-17-9-14(11)16/h2-7,9,13H,8H2,1H3. The van der Waals surface area contributed by atoms with Crippen LogP contribution >= 0.6 is 35.0 Å². The molecule has 18 heavy (non-hydrogen) atoms. The number of benzene rings is 1. The Kier molecular flexibility index (Phi) is 4.93. The van der Waals surface area contributed by atoms with Gasteiger partial charge in [-0.3, -0.25) is 4.98 Å². The van der Waals surface area contributed by atoms with Crippen molar-refractivity contribution in [3.8, 4) is 0 Å². The van der Waals surface area contributed by atoms with Gasteiger partial charge in [0.1, 0.15) is 0 Å². The Morgan fingerprint density at radius 1 is 1.22 bits per heavy atom. The van der Waals surface area contributed by atoms with E-state index >= 15 is 0 Å². The average molecular weight is 298 g/mol. The number of alkyl halides is 1. The van der Waals surface area contributed by atoms with Gasteiger partial charge in [0.2, 0.25) is 0 Å². The van der Waals surface area contributed by atoms with Crippen molar-refractivity contribution in [3.05, 3.63) is 58.9 Å². The van der Waals surface area contributed by atoms with Crippen LogP contribution in [0.25, 0.3) is 0 Å². The van der Waals surface area contributed by atoms with Gasteiger partial charge in [-0.25, -0.2) is 0 Å². The van der Waals surface area contributed by atoms with Crippen LogP contribution in [0.15, 0.2) is 47.6 Å². The molecule has 0 radical (unpaired) electrons. The van der Waals surface area contributed by atoms with Gasteiger partial charge in [0.05, 0.1) is 10.4 Å². The van der Waals surface area contributed by atoms with Crippen LogP contribution in [-0.4, -0.2) is 11.2 Å². The van der Waals surface area contributed by atoms with Crippen LogP contribution in [0.2, 0.25) is 5.02 Å². The Balaban J connectivity index is 2.11. The minimum atomic E-state index is -0.0687. The Labute approximate surface area is 122 Å². The lowest BCUT2D eigenvalue weighted by atomic mass is 10.0. The molecule has 1 aromatic carbocycles. The number of hydrogen-bond acceptors (Lipinski definition) is 2. The predicted molar refractivity (Wildman–Crippen MR) is 79.8 cm³/mol. The van der Waals surface area contributed by atoms with E-state index in [1.165, 1.54) is 4.90 Å². The summed E-state index contributed by atoms with van der Waals surface area (Å²) in [5.41, 5.74) is 2.14. The van der Waals surface area contributed by atoms with Gasteiger partial charge >= 0.3 is 0 Å². The van der Waals surface area contributed by atoms with E-state index in [0.717, 1.165) is 11.1 Å². The lowest BCUT2D eigenvalue weighted by molar-refractivity contribution is 0.914. The molecule has 0 aliphatic rings. The van der Waals surface area contributed by atoms with Crippen LogP contribution in [0, 0.1) is 0 Å². The summed E-state index contributed by atoms with van der Waals surface area (Å²) in [6.07, 6.45) is 6.16. The van der Waals surface area contributed by atoms with Crippen LogP contribution in [0.5, 0.6) is 0 Å². The second kappa shape index (κ2) is 6.46. The monoisotopic (exact) mass is 297 g/mol. The Morgan fingerprint density at radius 2 is 1.94 bits per heavy atom. The molecule has 1 heterocycles. The maximum Gasteiger partial charge on any atom is 0.0626 e. The molecular weight excluding hydrogens is 285 g/mol. The smallest absolute Gasteiger partial charge is 0.0626 e. The minimum absolute atomic E-state index is 0.0687. The van der Waals surface area contributed by atoms with E-state index in [9.17, 15) is 0 Å². The molecule has 4 heteroatoms. The van der Waals surface area contributed by atoms with Crippen molar-refractivity contribution in [2.45, 2.75) is 16.7 Å². The third-order valence-electron chi connectivity index (χ3n) is 2.73. The van der Waals surface area contributed by atoms with E-state index in [-0.39, 0.29) is 5.38 Å². The number of pyridine rings is 1. The normalized spacial score (nSPS) is 12.4. The maximum absolute atomic E-state index is 6.42. The van der Waals surface area contributed by atoms with E-state index in [1.807, 2.05) is 6.07 Å². The van der Waals surface area contributed by atoms with Crippen molar-refractivity contribution in [3.63, 3.8) is 0 Å². The van der Waals surface area contributed by atoms with Crippen LogP contribution in [0.1, 0.15) is 16.5 Å². The second-order valence-corrected chi connectivity index (χ2v) is 5.73. The van der Waals surface area contributed by atoms with E-state index < -0.39 is 0 Å². The summed E-state index contributed by atoms with van der Waals surface area (Å²) in [5.74, 6) is 0. The van der Waals surface area contributed by atoms with Gasteiger partial charge < -0.3 is 0 Å². The van der Waals surface area contributed by atoms with Gasteiger partial charge in [-0.1, -0.05) is 23.7 Å². The molecule has 0 fully saturated rings. The van der Waals surface area contributed by atoms with Crippen molar-refractivity contribution in [1.82, 2.24) is 4.98 Å². The number of thioether (sulfide) groups is 1. The Morgan fingerprint density at radius 3 is 2.56 bits per heavy atom. The Bertz CT molecular complexity index is 513. The van der Waals surface area contributed by atoms with E-state index in [4.69, 9.17) is 23.2 Å². The summed E-state index contributed by atoms with van der Waals surface area (Å²) in [4.78, 5) is 5.21. The number of nitrogens with zero attached hydrogens (tertiary/aromatic N) is 1. The maximum atomic E-state index is 6.42. The lowest BCUT2D eigenvalue weighted by Gasteiger charge is -2.11. The summed E-state index contributed by atoms with van der Waals surface area (Å²) in [6.45, 7) is 0. The minimum Gasteiger partial charge on any atom is -0.263 e. The highest BCUT2D eigenvalue weighted by atomic mass is 35.5. The van der Waals surface area contributed by atoms with Gasteiger partial charge in [0.15, 0.2) is 0 Å². The molecule has 1 aromatic heterocycles. The molecule has 0 aliphatic heterocycles. The molecule has 0 saturated heterocycles. The highest BCUT2D eigenvalue weighted by molar-refractivity contribution is 7.98. The quantitative estimate of drug-likeness (QED) is 0.583. The highest BCUT2D eigenvalue weighted by Gasteiger charge is 2.11. The van der Waals surface area contributed by atoms with Gasteiger partial charge in [-0.2, -0.15) is 0 Å². The predicted octanol–water partition coefficient (Wildman–Crippen LogP) is 4.98. The molecule has 0 aliphatic carbocycles. The van der Waals surface area contributed by atoms with Gasteiger partial charge in [-0.15, -0.1) is 23.4 Å². The summed E-state index contributed by atoms with van der Waals surface area (Å²) < 4.78 is 0. The number of hydrogen-bond donors (Lipinski definition) is 0. The molecule has 0 amide bonds. The zero-order valence-electron chi connectivity index (χ0n) is 9.94. The first-order valence-electron chi connectivity index (χ1n) is 5.57. The van der Waals surface area contributed by atoms with Crippen molar-refractivity contribution in [1.29, 1.82) is 0 Å². The van der Waals surface area contributed by atoms with Crippen LogP contribution in [0.4, 0.5) is 0 Å². The summed E-state index contributed by atoms with van der Waals surface area (Å²) in [5, 5.41) is 0.602. The van der Waals surface area contributed by atoms with E-state index in [0.29, 0.717) is 11.4 Å². The zero-order valence-corrected chi connectivity index (χ0v) is 12.3. The summed E-state index contributed by atoms with van der Waals surface area (Å²) in [7, 11) is 0. The van der Waals surface area contributed by atoms with Crippen molar-refractivity contribution >= 4 is 35.0 Å². The molecule has 2 aromatic rings. The van der Waals surface area contributed by atoms with Crippen LogP contribution < -0.4 is 0 Å². The van der Waals surface area contributed by atoms with Gasteiger partial charge in [-0.05, 0) is 42.0 Å². The first-order valence-corrected chi connectivity index (χ1v) is 7.61. The molecule has 0 bridgehead atoms. The van der Waals surface area contributed by atoms with Gasteiger partial charge in [0, 0.05) is 17.3 Å². The first-order chi connectivity index (χ1) is 8.70. The zero-order chi connectivity index (χ0) is 13.0. The lowest BCUT2D eigenvalue weighted by Crippen LogP contribution is -1.97. The number of rotatable bonds is 4. The van der Waals surface area contributed by atoms with E-state index in [1.54, 1.807) is 24.2 Å². The summed E-state index contributed by atoms with van der Waals surface area (Å²) >= 11 is 14.2. The fourth-order valence-corrected chi connectivity index (χ4v) is 2.61. The molecular formula is C14H13Cl2NS. The molecule has 1 unspecified atom stereocenters. The first kappa shape index (κ1) is 13.7. The van der Waals surface area contributed by atoms with Crippen molar-refractivity contribution in [2.24, 2.45) is 0 Å². The molecule has 0 saturated carbocycles. The van der Waals surface area contributed by atoms with E-state index in [2.05, 4.69) is 35.5 Å². The fraction of sp³-hybridized carbons (Fsp3) is 0.214. The number of halogens is 2. The largest absolute Gasteiger partial charge is 0.263 e. The SMILES string of the molecule is CSc1ccc(C(Cl)Cc2ccncc2Cl)cc1. The topological polar surface area (TPSA) is 12.9 Å². The third-order valence-corrected chi connectivity index (χ3v) is 4.22. The fourth-order valence-electron chi connectivity index (χ4n) is 1.69. The highest BCUT2D eigenvalue weighted by Crippen LogP contribution is 2.28.